The highest BCUT2D eigenvalue weighted by Crippen LogP contribution is 2.34. The molecule has 6 heteroatoms. The maximum absolute atomic E-state index is 5.65. The molecule has 1 aromatic carbocycles. The van der Waals surface area contributed by atoms with Crippen LogP contribution in [-0.2, 0) is 0 Å². The number of nitrogens with zero attached hydrogens (tertiary/aromatic N) is 3. The van der Waals surface area contributed by atoms with Gasteiger partial charge >= 0.3 is 0 Å². The summed E-state index contributed by atoms with van der Waals surface area (Å²) in [6.07, 6.45) is 7.58. The average molecular weight is 375 g/mol. The van der Waals surface area contributed by atoms with Crippen LogP contribution in [0, 0.1) is 0 Å². The van der Waals surface area contributed by atoms with Crippen LogP contribution in [0.3, 0.4) is 0 Å². The Labute approximate surface area is 165 Å². The first-order valence-corrected chi connectivity index (χ1v) is 9.64. The second-order valence-electron chi connectivity index (χ2n) is 7.17. The third-order valence-corrected chi connectivity index (χ3v) is 5.18. The molecule has 0 spiro atoms. The topological polar surface area (TPSA) is 72.0 Å². The molecule has 2 atom stereocenters. The molecular weight excluding hydrogens is 350 g/mol. The minimum absolute atomic E-state index is 0.530. The molecule has 2 aromatic heterocycles. The first-order chi connectivity index (χ1) is 13.7. The van der Waals surface area contributed by atoms with Crippen molar-refractivity contribution in [3.05, 3.63) is 60.6 Å². The van der Waals surface area contributed by atoms with Crippen molar-refractivity contribution < 1.29 is 4.74 Å². The van der Waals surface area contributed by atoms with E-state index in [4.69, 9.17) is 4.74 Å². The van der Waals surface area contributed by atoms with E-state index in [0.29, 0.717) is 17.9 Å². The predicted molar refractivity (Wildman–Crippen MR) is 111 cm³/mol. The maximum Gasteiger partial charge on any atom is 0.227 e. The lowest BCUT2D eigenvalue weighted by Gasteiger charge is -2.28. The smallest absolute Gasteiger partial charge is 0.227 e. The number of hydrogen-bond acceptors (Lipinski definition) is 6. The highest BCUT2D eigenvalue weighted by molar-refractivity contribution is 5.65. The van der Waals surface area contributed by atoms with E-state index in [0.717, 1.165) is 42.1 Å². The van der Waals surface area contributed by atoms with E-state index in [-0.39, 0.29) is 0 Å². The number of pyridine rings is 1. The number of aromatic nitrogens is 3. The normalized spacial score (nSPS) is 19.2. The van der Waals surface area contributed by atoms with Gasteiger partial charge in [0.25, 0.3) is 0 Å². The van der Waals surface area contributed by atoms with Crippen LogP contribution in [0.4, 0.5) is 11.6 Å². The molecule has 0 radical (unpaired) electrons. The van der Waals surface area contributed by atoms with E-state index in [1.807, 2.05) is 18.2 Å². The molecule has 144 valence electrons. The largest absolute Gasteiger partial charge is 0.495 e. The highest BCUT2D eigenvalue weighted by Gasteiger charge is 2.21. The number of ether oxygens (including phenoxy) is 1. The summed E-state index contributed by atoms with van der Waals surface area (Å²) >= 11 is 0. The Balaban J connectivity index is 1.56. The molecule has 28 heavy (non-hydrogen) atoms. The Hall–Kier alpha value is -2.99. The van der Waals surface area contributed by atoms with Gasteiger partial charge in [-0.15, -0.1) is 0 Å². The summed E-state index contributed by atoms with van der Waals surface area (Å²) in [5, 5.41) is 6.80. The molecule has 0 bridgehead atoms. The van der Waals surface area contributed by atoms with Gasteiger partial charge in [-0.25, -0.2) is 9.97 Å². The summed E-state index contributed by atoms with van der Waals surface area (Å²) in [5.74, 6) is 1.89. The van der Waals surface area contributed by atoms with Gasteiger partial charge in [-0.1, -0.05) is 6.07 Å². The van der Waals surface area contributed by atoms with E-state index in [1.165, 1.54) is 5.56 Å². The molecule has 0 saturated carbocycles. The second-order valence-corrected chi connectivity index (χ2v) is 7.17. The minimum atomic E-state index is 0.530. The lowest BCUT2D eigenvalue weighted by atomic mass is 9.87. The van der Waals surface area contributed by atoms with Crippen LogP contribution in [0.15, 0.2) is 55.0 Å². The van der Waals surface area contributed by atoms with E-state index in [1.54, 1.807) is 25.7 Å². The molecular formula is C22H25N5O. The zero-order valence-electron chi connectivity index (χ0n) is 16.2. The summed E-state index contributed by atoms with van der Waals surface area (Å²) in [6, 6.07) is 12.7. The highest BCUT2D eigenvalue weighted by atomic mass is 16.5. The van der Waals surface area contributed by atoms with Crippen molar-refractivity contribution >= 4 is 11.6 Å². The average Bonchev–Trinajstić information content (AvgIpc) is 2.75. The van der Waals surface area contributed by atoms with E-state index in [9.17, 15) is 0 Å². The number of hydrogen-bond donors (Lipinski definition) is 2. The summed E-state index contributed by atoms with van der Waals surface area (Å²) < 4.78 is 5.65. The van der Waals surface area contributed by atoms with Crippen LogP contribution < -0.4 is 15.4 Å². The fourth-order valence-corrected chi connectivity index (χ4v) is 3.71. The molecule has 2 unspecified atom stereocenters. The first-order valence-electron chi connectivity index (χ1n) is 9.64. The van der Waals surface area contributed by atoms with Crippen molar-refractivity contribution in [1.82, 2.24) is 20.3 Å². The van der Waals surface area contributed by atoms with Gasteiger partial charge in [-0.3, -0.25) is 4.98 Å². The van der Waals surface area contributed by atoms with E-state index < -0.39 is 0 Å². The van der Waals surface area contributed by atoms with Crippen LogP contribution in [0.1, 0.15) is 31.2 Å². The van der Waals surface area contributed by atoms with Crippen LogP contribution in [0.25, 0.3) is 11.3 Å². The van der Waals surface area contributed by atoms with Gasteiger partial charge in [0, 0.05) is 30.2 Å². The molecule has 3 aromatic rings. The Morgan fingerprint density at radius 3 is 2.89 bits per heavy atom. The van der Waals surface area contributed by atoms with Crippen molar-refractivity contribution in [2.45, 2.75) is 31.7 Å². The van der Waals surface area contributed by atoms with Gasteiger partial charge in [0.15, 0.2) is 0 Å². The van der Waals surface area contributed by atoms with Crippen molar-refractivity contribution in [3.63, 3.8) is 0 Å². The minimum Gasteiger partial charge on any atom is -0.495 e. The Kier molecular flexibility index (Phi) is 5.48. The molecule has 3 heterocycles. The number of nitrogens with one attached hydrogen (secondary N) is 2. The Morgan fingerprint density at radius 1 is 1.18 bits per heavy atom. The standard InChI is InChI=1S/C22H25N5O/c1-15-12-17(7-10-24-15)16-5-6-20(21(13-16)28-2)27-22-25-11-8-19(26-22)18-4-3-9-23-14-18/h3-6,8-9,11,13-15,17,24H,7,10,12H2,1-2H3,(H,25,26,27). The van der Waals surface area contributed by atoms with Gasteiger partial charge in [0.2, 0.25) is 5.95 Å². The van der Waals surface area contributed by atoms with Crippen molar-refractivity contribution in [3.8, 4) is 17.0 Å². The number of methoxy groups -OCH3 is 1. The SMILES string of the molecule is COc1cc(C2CCNC(C)C2)ccc1Nc1nccc(-c2cccnc2)n1. The fraction of sp³-hybridized carbons (Fsp3) is 0.318. The summed E-state index contributed by atoms with van der Waals surface area (Å²) in [5.41, 5.74) is 3.96. The molecule has 6 nitrogen and oxygen atoms in total. The van der Waals surface area contributed by atoms with Gasteiger partial charge in [-0.2, -0.15) is 0 Å². The summed E-state index contributed by atoms with van der Waals surface area (Å²) in [6.45, 7) is 3.30. The molecule has 1 aliphatic rings. The lowest BCUT2D eigenvalue weighted by Crippen LogP contribution is -2.34. The molecule has 1 aliphatic heterocycles. The molecule has 1 fully saturated rings. The fourth-order valence-electron chi connectivity index (χ4n) is 3.71. The number of piperidine rings is 1. The monoisotopic (exact) mass is 375 g/mol. The third-order valence-electron chi connectivity index (χ3n) is 5.18. The summed E-state index contributed by atoms with van der Waals surface area (Å²) in [4.78, 5) is 13.1. The van der Waals surface area contributed by atoms with Gasteiger partial charge in [0.05, 0.1) is 18.5 Å². The van der Waals surface area contributed by atoms with Crippen molar-refractivity contribution in [2.75, 3.05) is 19.0 Å². The first kappa shape index (κ1) is 18.4. The van der Waals surface area contributed by atoms with Crippen LogP contribution in [0.2, 0.25) is 0 Å². The Bertz CT molecular complexity index is 931. The maximum atomic E-state index is 5.65. The van der Waals surface area contributed by atoms with Crippen LogP contribution in [0.5, 0.6) is 5.75 Å². The Morgan fingerprint density at radius 2 is 2.11 bits per heavy atom. The zero-order valence-corrected chi connectivity index (χ0v) is 16.2. The van der Waals surface area contributed by atoms with Crippen molar-refractivity contribution in [2.24, 2.45) is 0 Å². The molecule has 0 aliphatic carbocycles. The number of anilines is 2. The van der Waals surface area contributed by atoms with Crippen molar-refractivity contribution in [1.29, 1.82) is 0 Å². The predicted octanol–water partition coefficient (Wildman–Crippen LogP) is 4.15. The third kappa shape index (κ3) is 4.12. The summed E-state index contributed by atoms with van der Waals surface area (Å²) in [7, 11) is 1.70. The van der Waals surface area contributed by atoms with Gasteiger partial charge < -0.3 is 15.4 Å². The van der Waals surface area contributed by atoms with Gasteiger partial charge in [0.1, 0.15) is 5.75 Å². The number of rotatable bonds is 5. The van der Waals surface area contributed by atoms with Crippen LogP contribution in [-0.4, -0.2) is 34.6 Å². The zero-order chi connectivity index (χ0) is 19.3. The van der Waals surface area contributed by atoms with Gasteiger partial charge in [-0.05, 0) is 68.1 Å². The second kappa shape index (κ2) is 8.35. The molecule has 2 N–H and O–H groups in total. The van der Waals surface area contributed by atoms with Crippen LogP contribution >= 0.6 is 0 Å². The number of benzene rings is 1. The van der Waals surface area contributed by atoms with E-state index in [2.05, 4.69) is 50.7 Å². The molecule has 0 amide bonds. The molecule has 4 rings (SSSR count). The lowest BCUT2D eigenvalue weighted by molar-refractivity contribution is 0.378. The molecule has 1 saturated heterocycles. The van der Waals surface area contributed by atoms with E-state index >= 15 is 0 Å². The quantitative estimate of drug-likeness (QED) is 0.698.